The standard InChI is InChI=1S/C24H31FO6.H2O/c1-13-9-18-17-6-5-15-10-16(27)7-8-21(15,3)23(17,25)19(28)11-22(18,4)24(13,30)20(29)12-31-14(2)26;/h7-8,10,13,17-19,28,30H,5-6,9,11-12H2,1-4H3;1H2/t13-,17+,18+,19+,21+,22+,23+,24+;/m1./s1. The molecule has 0 aliphatic heterocycles. The summed E-state index contributed by atoms with van der Waals surface area (Å²) in [4.78, 5) is 36.2. The van der Waals surface area contributed by atoms with E-state index in [4.69, 9.17) is 4.74 Å². The molecule has 0 aromatic carbocycles. The minimum Gasteiger partial charge on any atom is -0.458 e. The van der Waals surface area contributed by atoms with Gasteiger partial charge in [0.25, 0.3) is 0 Å². The number of carbonyl (C=O) groups excluding carboxylic acids is 3. The highest BCUT2D eigenvalue weighted by Crippen LogP contribution is 2.70. The van der Waals surface area contributed by atoms with Crippen molar-refractivity contribution in [2.75, 3.05) is 6.61 Å². The van der Waals surface area contributed by atoms with E-state index in [0.29, 0.717) is 24.8 Å². The molecule has 0 aromatic rings. The van der Waals surface area contributed by atoms with E-state index in [0.717, 1.165) is 0 Å². The molecule has 0 amide bonds. The number of rotatable bonds is 3. The zero-order valence-corrected chi connectivity index (χ0v) is 19.0. The minimum atomic E-state index is -2.01. The Hall–Kier alpha value is -1.90. The maximum atomic E-state index is 17.0. The highest BCUT2D eigenvalue weighted by Gasteiger charge is 2.75. The molecule has 4 N–H and O–H groups in total. The zero-order chi connectivity index (χ0) is 23.0. The van der Waals surface area contributed by atoms with Gasteiger partial charge in [-0.1, -0.05) is 25.5 Å². The molecule has 7 nitrogen and oxygen atoms in total. The quantitative estimate of drug-likeness (QED) is 0.626. The van der Waals surface area contributed by atoms with Crippen molar-refractivity contribution in [3.63, 3.8) is 0 Å². The summed E-state index contributed by atoms with van der Waals surface area (Å²) in [6.45, 7) is 5.89. The lowest BCUT2D eigenvalue weighted by atomic mass is 9.44. The molecule has 3 saturated carbocycles. The van der Waals surface area contributed by atoms with E-state index in [2.05, 4.69) is 0 Å². The fourth-order valence-electron chi connectivity index (χ4n) is 7.42. The minimum absolute atomic E-state index is 0. The third-order valence-corrected chi connectivity index (χ3v) is 9.05. The van der Waals surface area contributed by atoms with Gasteiger partial charge in [0.15, 0.2) is 18.1 Å². The van der Waals surface area contributed by atoms with Crippen molar-refractivity contribution >= 4 is 17.5 Å². The molecule has 4 rings (SSSR count). The monoisotopic (exact) mass is 452 g/mol. The number of Topliss-reactive ketones (excluding diaryl/α,β-unsaturated/α-hetero) is 1. The normalized spacial score (nSPS) is 46.8. The second-order valence-corrected chi connectivity index (χ2v) is 10.4. The van der Waals surface area contributed by atoms with Gasteiger partial charge in [-0.15, -0.1) is 0 Å². The molecule has 8 atom stereocenters. The number of carbonyl (C=O) groups is 3. The Balaban J connectivity index is 0.00000289. The topological polar surface area (TPSA) is 132 Å². The van der Waals surface area contributed by atoms with Gasteiger partial charge in [-0.25, -0.2) is 4.39 Å². The van der Waals surface area contributed by atoms with Crippen LogP contribution in [0.2, 0.25) is 0 Å². The summed E-state index contributed by atoms with van der Waals surface area (Å²) in [5.41, 5.74) is -5.33. The third kappa shape index (κ3) is 2.85. The van der Waals surface area contributed by atoms with Crippen molar-refractivity contribution in [1.29, 1.82) is 0 Å². The van der Waals surface area contributed by atoms with Crippen molar-refractivity contribution in [1.82, 2.24) is 0 Å². The van der Waals surface area contributed by atoms with Gasteiger partial charge in [-0.05, 0) is 56.6 Å². The zero-order valence-electron chi connectivity index (χ0n) is 19.0. The number of halogens is 1. The van der Waals surface area contributed by atoms with Crippen molar-refractivity contribution < 1.29 is 39.2 Å². The fraction of sp³-hybridized carbons (Fsp3) is 0.708. The molecule has 4 aliphatic carbocycles. The number of esters is 1. The van der Waals surface area contributed by atoms with Crippen LogP contribution in [0.25, 0.3) is 0 Å². The van der Waals surface area contributed by atoms with E-state index in [1.165, 1.54) is 19.1 Å². The lowest BCUT2D eigenvalue weighted by molar-refractivity contribution is -0.219. The maximum Gasteiger partial charge on any atom is 0.303 e. The van der Waals surface area contributed by atoms with Crippen molar-refractivity contribution in [2.24, 2.45) is 28.6 Å². The Bertz CT molecular complexity index is 912. The second-order valence-electron chi connectivity index (χ2n) is 10.4. The molecule has 0 spiro atoms. The van der Waals surface area contributed by atoms with E-state index < -0.39 is 58.4 Å². The summed E-state index contributed by atoms with van der Waals surface area (Å²) >= 11 is 0. The second kappa shape index (κ2) is 7.57. The molecule has 0 saturated heterocycles. The van der Waals surface area contributed by atoms with Gasteiger partial charge in [0.05, 0.1) is 6.10 Å². The Morgan fingerprint density at radius 3 is 2.56 bits per heavy atom. The molecular weight excluding hydrogens is 419 g/mol. The molecule has 0 radical (unpaired) electrons. The van der Waals surface area contributed by atoms with E-state index in [9.17, 15) is 24.6 Å². The number of ketones is 2. The Labute approximate surface area is 187 Å². The lowest BCUT2D eigenvalue weighted by Crippen LogP contribution is -2.69. The summed E-state index contributed by atoms with van der Waals surface area (Å²) in [7, 11) is 0. The van der Waals surface area contributed by atoms with Crippen LogP contribution >= 0.6 is 0 Å². The number of ether oxygens (including phenoxy) is 1. The van der Waals surface area contributed by atoms with Gasteiger partial charge in [0, 0.05) is 23.7 Å². The number of aliphatic hydroxyl groups excluding tert-OH is 1. The lowest BCUT2D eigenvalue weighted by Gasteiger charge is -2.62. The van der Waals surface area contributed by atoms with Crippen LogP contribution in [0.1, 0.15) is 53.4 Å². The van der Waals surface area contributed by atoms with Crippen LogP contribution in [0.3, 0.4) is 0 Å². The molecule has 8 heteroatoms. The van der Waals surface area contributed by atoms with Gasteiger partial charge in [0.2, 0.25) is 5.78 Å². The fourth-order valence-corrected chi connectivity index (χ4v) is 7.42. The van der Waals surface area contributed by atoms with Gasteiger partial charge in [-0.2, -0.15) is 0 Å². The smallest absolute Gasteiger partial charge is 0.303 e. The Kier molecular flexibility index (Phi) is 5.85. The Morgan fingerprint density at radius 2 is 1.94 bits per heavy atom. The summed E-state index contributed by atoms with van der Waals surface area (Å²) in [6.07, 6.45) is 4.29. The molecular formula is C24H33FO7. The third-order valence-electron chi connectivity index (χ3n) is 9.05. The number of hydrogen-bond acceptors (Lipinski definition) is 6. The Morgan fingerprint density at radius 1 is 1.28 bits per heavy atom. The first-order valence-corrected chi connectivity index (χ1v) is 11.0. The van der Waals surface area contributed by atoms with Crippen LogP contribution in [0.4, 0.5) is 4.39 Å². The number of aliphatic hydroxyl groups is 2. The molecule has 0 unspecified atom stereocenters. The average molecular weight is 453 g/mol. The first-order valence-electron chi connectivity index (χ1n) is 11.0. The van der Waals surface area contributed by atoms with Gasteiger partial charge in [-0.3, -0.25) is 14.4 Å². The highest BCUT2D eigenvalue weighted by molar-refractivity contribution is 6.01. The SMILES string of the molecule is CC(=O)OCC(=O)[C@@]1(O)[C@H](C)C[C@H]2[C@@H]3CCC4=CC(=O)C=C[C@]4(C)[C@@]3(F)[C@@H](O)C[C@@]21C.O. The first-order chi connectivity index (χ1) is 14.3. The van der Waals surface area contributed by atoms with E-state index in [1.54, 1.807) is 26.8 Å². The van der Waals surface area contributed by atoms with Crippen LogP contribution in [-0.2, 0) is 19.1 Å². The van der Waals surface area contributed by atoms with E-state index in [1.807, 2.05) is 0 Å². The van der Waals surface area contributed by atoms with Crippen LogP contribution in [0.15, 0.2) is 23.8 Å². The van der Waals surface area contributed by atoms with Gasteiger partial charge in [0.1, 0.15) is 5.60 Å². The van der Waals surface area contributed by atoms with Crippen molar-refractivity contribution in [3.8, 4) is 0 Å². The number of fused-ring (bicyclic) bond motifs is 5. The molecule has 32 heavy (non-hydrogen) atoms. The average Bonchev–Trinajstić information content (AvgIpc) is 2.89. The molecule has 4 aliphatic rings. The van der Waals surface area contributed by atoms with Gasteiger partial charge < -0.3 is 20.4 Å². The largest absolute Gasteiger partial charge is 0.458 e. The number of hydrogen-bond donors (Lipinski definition) is 2. The molecule has 3 fully saturated rings. The predicted octanol–water partition coefficient (Wildman–Crippen LogP) is 1.64. The summed E-state index contributed by atoms with van der Waals surface area (Å²) < 4.78 is 21.9. The van der Waals surface area contributed by atoms with Crippen molar-refractivity contribution in [3.05, 3.63) is 23.8 Å². The first kappa shape index (κ1) is 24.7. The number of allylic oxidation sites excluding steroid dienone is 4. The van der Waals surface area contributed by atoms with E-state index >= 15 is 4.39 Å². The summed E-state index contributed by atoms with van der Waals surface area (Å²) in [5.74, 6) is -2.80. The number of alkyl halides is 1. The van der Waals surface area contributed by atoms with Crippen LogP contribution < -0.4 is 0 Å². The summed E-state index contributed by atoms with van der Waals surface area (Å²) in [6, 6.07) is 0. The molecule has 0 heterocycles. The van der Waals surface area contributed by atoms with Crippen LogP contribution in [-0.4, -0.2) is 57.2 Å². The highest BCUT2D eigenvalue weighted by atomic mass is 19.1. The molecule has 0 bridgehead atoms. The summed E-state index contributed by atoms with van der Waals surface area (Å²) in [5, 5.41) is 22.9. The van der Waals surface area contributed by atoms with Crippen LogP contribution in [0, 0.1) is 28.6 Å². The van der Waals surface area contributed by atoms with Crippen molar-refractivity contribution in [2.45, 2.75) is 70.8 Å². The molecule has 178 valence electrons. The van der Waals surface area contributed by atoms with Crippen LogP contribution in [0.5, 0.6) is 0 Å². The predicted molar refractivity (Wildman–Crippen MR) is 113 cm³/mol. The van der Waals surface area contributed by atoms with Gasteiger partial charge >= 0.3 is 5.97 Å². The molecule has 0 aromatic heterocycles. The van der Waals surface area contributed by atoms with E-state index in [-0.39, 0.29) is 23.6 Å². The maximum absolute atomic E-state index is 17.0.